The summed E-state index contributed by atoms with van der Waals surface area (Å²) in [6, 6.07) is 0. The summed E-state index contributed by atoms with van der Waals surface area (Å²) in [5, 5.41) is 0. The molecule has 0 aliphatic carbocycles. The molecule has 15 heavy (non-hydrogen) atoms. The number of hydrogen-bond donors (Lipinski definition) is 0. The molecule has 0 aromatic heterocycles. The number of thioether (sulfide) groups is 5. The molecule has 0 nitrogen and oxygen atoms in total. The lowest BCUT2D eigenvalue weighted by atomic mass is 10.0. The van der Waals surface area contributed by atoms with Crippen LogP contribution < -0.4 is 0 Å². The predicted octanol–water partition coefficient (Wildman–Crippen LogP) is 5.11. The van der Waals surface area contributed by atoms with Crippen molar-refractivity contribution >= 4 is 58.8 Å². The highest BCUT2D eigenvalue weighted by Gasteiger charge is 2.69. The van der Waals surface area contributed by atoms with Gasteiger partial charge in [-0.1, -0.05) is 6.92 Å². The first-order chi connectivity index (χ1) is 6.69. The Morgan fingerprint density at radius 1 is 0.667 bits per heavy atom. The topological polar surface area (TPSA) is 0 Å². The van der Waals surface area contributed by atoms with Crippen molar-refractivity contribution in [3.8, 4) is 0 Å². The van der Waals surface area contributed by atoms with Gasteiger partial charge in [-0.15, -0.1) is 58.8 Å². The van der Waals surface area contributed by atoms with Crippen LogP contribution in [0.5, 0.6) is 0 Å². The van der Waals surface area contributed by atoms with Gasteiger partial charge >= 0.3 is 0 Å². The van der Waals surface area contributed by atoms with E-state index < -0.39 is 0 Å². The summed E-state index contributed by atoms with van der Waals surface area (Å²) in [6.07, 6.45) is 0. The predicted molar refractivity (Wildman–Crippen MR) is 80.7 cm³/mol. The zero-order valence-corrected chi connectivity index (χ0v) is 13.7. The minimum atomic E-state index is 0.376. The molecule has 0 aromatic rings. The Kier molecular flexibility index (Phi) is 2.37. The van der Waals surface area contributed by atoms with Crippen LogP contribution in [0, 0.1) is 5.92 Å². The van der Waals surface area contributed by atoms with Crippen LogP contribution in [0.4, 0.5) is 0 Å². The summed E-state index contributed by atoms with van der Waals surface area (Å²) in [5.41, 5.74) is 0. The first-order valence-corrected chi connectivity index (χ1v) is 9.28. The van der Waals surface area contributed by atoms with Crippen molar-refractivity contribution in [2.75, 3.05) is 0 Å². The second-order valence-electron chi connectivity index (χ2n) is 4.99. The summed E-state index contributed by atoms with van der Waals surface area (Å²) >= 11 is 10.9. The molecule has 0 atom stereocenters. The fourth-order valence-electron chi connectivity index (χ4n) is 2.81. The zero-order valence-electron chi connectivity index (χ0n) is 9.62. The SMILES string of the molecule is CC1C2(C)SC3(C)SC(C)(S2)SC1(C)S3. The van der Waals surface area contributed by atoms with Gasteiger partial charge in [-0.3, -0.25) is 0 Å². The van der Waals surface area contributed by atoms with E-state index in [1.54, 1.807) is 0 Å². The van der Waals surface area contributed by atoms with E-state index in [1.165, 1.54) is 0 Å². The van der Waals surface area contributed by atoms with Gasteiger partial charge in [-0.2, -0.15) is 0 Å². The van der Waals surface area contributed by atoms with Gasteiger partial charge < -0.3 is 0 Å². The quantitative estimate of drug-likeness (QED) is 0.607. The molecule has 86 valence electrons. The normalized spacial score (nSPS) is 67.4. The van der Waals surface area contributed by atoms with Crippen LogP contribution in [0.25, 0.3) is 0 Å². The fraction of sp³-hybridized carbons (Fsp3) is 1.00. The van der Waals surface area contributed by atoms with Gasteiger partial charge in [0.15, 0.2) is 0 Å². The Balaban J connectivity index is 2.12. The molecule has 4 bridgehead atoms. The van der Waals surface area contributed by atoms with Gasteiger partial charge in [0, 0.05) is 5.92 Å². The molecule has 4 rings (SSSR count). The molecule has 4 heterocycles. The molecule has 0 saturated carbocycles. The summed E-state index contributed by atoms with van der Waals surface area (Å²) in [4.78, 5) is 0. The largest absolute Gasteiger partial charge is 0.116 e. The third-order valence-electron chi connectivity index (χ3n) is 3.50. The molecule has 0 aromatic carbocycles. The van der Waals surface area contributed by atoms with Gasteiger partial charge in [-0.25, -0.2) is 0 Å². The van der Waals surface area contributed by atoms with Crippen LogP contribution in [0.15, 0.2) is 0 Å². The van der Waals surface area contributed by atoms with Crippen molar-refractivity contribution in [3.05, 3.63) is 0 Å². The van der Waals surface area contributed by atoms with E-state index in [2.05, 4.69) is 93.4 Å². The molecular formula is C10H16S5. The molecular weight excluding hydrogens is 280 g/mol. The van der Waals surface area contributed by atoms with Crippen molar-refractivity contribution in [2.24, 2.45) is 5.92 Å². The average molecular weight is 297 g/mol. The van der Waals surface area contributed by atoms with Gasteiger partial charge in [0.2, 0.25) is 0 Å². The zero-order chi connectivity index (χ0) is 11.1. The van der Waals surface area contributed by atoms with Crippen LogP contribution >= 0.6 is 58.8 Å². The Morgan fingerprint density at radius 2 is 1.00 bits per heavy atom. The van der Waals surface area contributed by atoms with Crippen molar-refractivity contribution in [2.45, 2.75) is 49.6 Å². The Bertz CT molecular complexity index is 284. The van der Waals surface area contributed by atoms with Crippen LogP contribution in [0.3, 0.4) is 0 Å². The lowest BCUT2D eigenvalue weighted by molar-refractivity contribution is 0.496. The van der Waals surface area contributed by atoms with E-state index in [9.17, 15) is 0 Å². The van der Waals surface area contributed by atoms with Gasteiger partial charge in [0.25, 0.3) is 0 Å². The Morgan fingerprint density at radius 3 is 1.33 bits per heavy atom. The molecule has 0 amide bonds. The highest BCUT2D eigenvalue weighted by atomic mass is 32.3. The van der Waals surface area contributed by atoms with Crippen LogP contribution in [-0.2, 0) is 0 Å². The average Bonchev–Trinajstić information content (AvgIpc) is 1.93. The molecule has 4 aliphatic heterocycles. The molecule has 4 fully saturated rings. The monoisotopic (exact) mass is 296 g/mol. The molecule has 4 saturated heterocycles. The van der Waals surface area contributed by atoms with Gasteiger partial charge in [0.05, 0.1) is 8.16 Å². The van der Waals surface area contributed by atoms with E-state index in [0.717, 1.165) is 5.92 Å². The van der Waals surface area contributed by atoms with Crippen LogP contribution in [-0.4, -0.2) is 15.0 Å². The first kappa shape index (κ1) is 11.8. The highest BCUT2D eigenvalue weighted by molar-refractivity contribution is 8.54. The minimum Gasteiger partial charge on any atom is -0.116 e. The van der Waals surface area contributed by atoms with E-state index in [1.807, 2.05) is 0 Å². The number of rotatable bonds is 0. The Hall–Kier alpha value is 1.75. The molecule has 0 unspecified atom stereocenters. The van der Waals surface area contributed by atoms with E-state index in [-0.39, 0.29) is 0 Å². The maximum atomic E-state index is 2.46. The maximum Gasteiger partial charge on any atom is 0.109 e. The lowest BCUT2D eigenvalue weighted by Crippen LogP contribution is -2.58. The van der Waals surface area contributed by atoms with Crippen molar-refractivity contribution in [3.63, 3.8) is 0 Å². The summed E-state index contributed by atoms with van der Waals surface area (Å²) in [6.45, 7) is 12.2. The Labute approximate surface area is 114 Å². The fourth-order valence-corrected chi connectivity index (χ4v) is 19.8. The molecule has 0 N–H and O–H groups in total. The number of hydrogen-bond acceptors (Lipinski definition) is 5. The smallest absolute Gasteiger partial charge is 0.109 e. The van der Waals surface area contributed by atoms with Crippen molar-refractivity contribution in [1.82, 2.24) is 0 Å². The van der Waals surface area contributed by atoms with Crippen molar-refractivity contribution < 1.29 is 0 Å². The van der Waals surface area contributed by atoms with E-state index in [4.69, 9.17) is 0 Å². The van der Waals surface area contributed by atoms with E-state index in [0.29, 0.717) is 15.0 Å². The van der Waals surface area contributed by atoms with Gasteiger partial charge in [0.1, 0.15) is 6.82 Å². The maximum absolute atomic E-state index is 2.46. The van der Waals surface area contributed by atoms with E-state index >= 15 is 0 Å². The third kappa shape index (κ3) is 1.56. The molecule has 5 heteroatoms. The van der Waals surface area contributed by atoms with Crippen LogP contribution in [0.2, 0.25) is 0 Å². The lowest BCUT2D eigenvalue weighted by Gasteiger charge is -2.68. The summed E-state index contributed by atoms with van der Waals surface area (Å²) in [5.74, 6) is 0.775. The second-order valence-corrected chi connectivity index (χ2v) is 16.4. The minimum absolute atomic E-state index is 0.376. The summed E-state index contributed by atoms with van der Waals surface area (Å²) < 4.78 is 1.59. The summed E-state index contributed by atoms with van der Waals surface area (Å²) in [7, 11) is 0. The highest BCUT2D eigenvalue weighted by Crippen LogP contribution is 2.86. The molecule has 4 aliphatic rings. The van der Waals surface area contributed by atoms with Crippen molar-refractivity contribution in [1.29, 1.82) is 0 Å². The standard InChI is InChI=1S/C10H16S5/c1-6-7(2)11-9(4)13-8(6,3)14-10(5,12-7)15-9/h6H,1-5H3. The molecule has 0 radical (unpaired) electrons. The first-order valence-electron chi connectivity index (χ1n) is 5.20. The third-order valence-corrected chi connectivity index (χ3v) is 12.8. The van der Waals surface area contributed by atoms with Crippen LogP contribution in [0.1, 0.15) is 34.6 Å². The van der Waals surface area contributed by atoms with Gasteiger partial charge in [-0.05, 0) is 27.7 Å². The second kappa shape index (κ2) is 3.01. The molecule has 0 spiro atoms.